The molecule has 0 spiro atoms. The lowest BCUT2D eigenvalue weighted by Gasteiger charge is -2.09. The van der Waals surface area contributed by atoms with Gasteiger partial charge < -0.3 is 15.4 Å². The van der Waals surface area contributed by atoms with Crippen LogP contribution in [-0.4, -0.2) is 24.7 Å². The fraction of sp³-hybridized carbons (Fsp3) is 0.143. The average Bonchev–Trinajstić information content (AvgIpc) is 3.19. The molecule has 0 aliphatic carbocycles. The van der Waals surface area contributed by atoms with E-state index in [1.54, 1.807) is 48.2 Å². The molecule has 0 saturated carbocycles. The molecule has 0 atom stereocenters. The van der Waals surface area contributed by atoms with E-state index in [2.05, 4.69) is 10.6 Å². The summed E-state index contributed by atoms with van der Waals surface area (Å²) in [5.74, 6) is 0.395. The third-order valence-corrected chi connectivity index (χ3v) is 5.71. The SMILES string of the molecule is CCOc1ccc(NC(=O)c2ccc(NC(=O)c3sccc3SC)cc2)cc1. The van der Waals surface area contributed by atoms with Crippen LogP contribution in [0.2, 0.25) is 0 Å². The highest BCUT2D eigenvalue weighted by Crippen LogP contribution is 2.26. The number of benzene rings is 2. The van der Waals surface area contributed by atoms with Gasteiger partial charge in [-0.05, 0) is 73.2 Å². The lowest BCUT2D eigenvalue weighted by molar-refractivity contribution is 0.102. The van der Waals surface area contributed by atoms with Crippen molar-refractivity contribution in [2.24, 2.45) is 0 Å². The van der Waals surface area contributed by atoms with Gasteiger partial charge in [-0.2, -0.15) is 0 Å². The molecule has 5 nitrogen and oxygen atoms in total. The van der Waals surface area contributed by atoms with Gasteiger partial charge in [-0.15, -0.1) is 23.1 Å². The van der Waals surface area contributed by atoms with Gasteiger partial charge in [-0.25, -0.2) is 0 Å². The summed E-state index contributed by atoms with van der Waals surface area (Å²) in [6, 6.07) is 15.9. The Morgan fingerprint density at radius 3 is 2.14 bits per heavy atom. The van der Waals surface area contributed by atoms with Crippen LogP contribution in [0.25, 0.3) is 0 Å². The molecule has 0 bridgehead atoms. The van der Waals surface area contributed by atoms with E-state index in [0.717, 1.165) is 10.6 Å². The standard InChI is InChI=1S/C21H20N2O3S2/c1-3-26-17-10-8-16(9-11-17)22-20(24)14-4-6-15(7-5-14)23-21(25)19-18(27-2)12-13-28-19/h4-13H,3H2,1-2H3,(H,22,24)(H,23,25). The molecule has 0 radical (unpaired) electrons. The maximum Gasteiger partial charge on any atom is 0.266 e. The van der Waals surface area contributed by atoms with Crippen LogP contribution in [0.4, 0.5) is 11.4 Å². The molecule has 0 saturated heterocycles. The van der Waals surface area contributed by atoms with Gasteiger partial charge in [0.1, 0.15) is 10.6 Å². The van der Waals surface area contributed by atoms with Crippen LogP contribution in [0, 0.1) is 0 Å². The van der Waals surface area contributed by atoms with Gasteiger partial charge in [0.25, 0.3) is 11.8 Å². The van der Waals surface area contributed by atoms with Crippen LogP contribution < -0.4 is 15.4 Å². The van der Waals surface area contributed by atoms with Crippen molar-refractivity contribution < 1.29 is 14.3 Å². The van der Waals surface area contributed by atoms with E-state index in [-0.39, 0.29) is 11.8 Å². The molecule has 0 fully saturated rings. The molecular formula is C21H20N2O3S2. The quantitative estimate of drug-likeness (QED) is 0.512. The van der Waals surface area contributed by atoms with Crippen LogP contribution in [0.5, 0.6) is 5.75 Å². The predicted octanol–water partition coefficient (Wildman–Crippen LogP) is 5.37. The third kappa shape index (κ3) is 4.94. The summed E-state index contributed by atoms with van der Waals surface area (Å²) >= 11 is 2.95. The second-order valence-electron chi connectivity index (χ2n) is 5.76. The van der Waals surface area contributed by atoms with Gasteiger partial charge in [-0.3, -0.25) is 9.59 Å². The van der Waals surface area contributed by atoms with Crippen molar-refractivity contribution in [2.75, 3.05) is 23.5 Å². The number of thiophene rings is 1. The monoisotopic (exact) mass is 412 g/mol. The minimum Gasteiger partial charge on any atom is -0.494 e. The van der Waals surface area contributed by atoms with E-state index in [0.29, 0.717) is 28.4 Å². The summed E-state index contributed by atoms with van der Waals surface area (Å²) in [5, 5.41) is 7.61. The molecule has 3 rings (SSSR count). The summed E-state index contributed by atoms with van der Waals surface area (Å²) < 4.78 is 5.39. The number of anilines is 2. The summed E-state index contributed by atoms with van der Waals surface area (Å²) in [5.41, 5.74) is 1.84. The number of carbonyl (C=O) groups is 2. The molecule has 7 heteroatoms. The van der Waals surface area contributed by atoms with Gasteiger partial charge in [0.05, 0.1) is 6.61 Å². The van der Waals surface area contributed by atoms with Crippen LogP contribution >= 0.6 is 23.1 Å². The van der Waals surface area contributed by atoms with E-state index in [1.807, 2.05) is 36.8 Å². The molecule has 1 aromatic heterocycles. The smallest absolute Gasteiger partial charge is 0.266 e. The summed E-state index contributed by atoms with van der Waals surface area (Å²) in [7, 11) is 0. The first kappa shape index (κ1) is 20.0. The summed E-state index contributed by atoms with van der Waals surface area (Å²) in [6.07, 6.45) is 1.94. The van der Waals surface area contributed by atoms with E-state index < -0.39 is 0 Å². The molecule has 2 aromatic carbocycles. The zero-order chi connectivity index (χ0) is 19.9. The van der Waals surface area contributed by atoms with Gasteiger partial charge in [-0.1, -0.05) is 0 Å². The minimum absolute atomic E-state index is 0.147. The Kier molecular flexibility index (Phi) is 6.73. The average molecular weight is 413 g/mol. The Hall–Kier alpha value is -2.77. The molecule has 28 heavy (non-hydrogen) atoms. The molecule has 0 unspecified atom stereocenters. The van der Waals surface area contributed by atoms with Gasteiger partial charge in [0, 0.05) is 21.8 Å². The van der Waals surface area contributed by atoms with E-state index in [1.165, 1.54) is 11.3 Å². The van der Waals surface area contributed by atoms with Gasteiger partial charge >= 0.3 is 0 Å². The molecule has 2 amide bonds. The third-order valence-electron chi connectivity index (χ3n) is 3.88. The van der Waals surface area contributed by atoms with Crippen molar-refractivity contribution in [1.29, 1.82) is 0 Å². The number of carbonyl (C=O) groups excluding carboxylic acids is 2. The zero-order valence-electron chi connectivity index (χ0n) is 15.5. The molecule has 2 N–H and O–H groups in total. The van der Waals surface area contributed by atoms with Crippen molar-refractivity contribution >= 4 is 46.3 Å². The molecular weight excluding hydrogens is 392 g/mol. The Labute approximate surface area is 172 Å². The number of rotatable bonds is 7. The number of amides is 2. The second-order valence-corrected chi connectivity index (χ2v) is 7.53. The molecule has 1 heterocycles. The second kappa shape index (κ2) is 9.43. The first-order valence-electron chi connectivity index (χ1n) is 8.68. The first-order valence-corrected chi connectivity index (χ1v) is 10.8. The van der Waals surface area contributed by atoms with Crippen LogP contribution in [-0.2, 0) is 0 Å². The van der Waals surface area contributed by atoms with E-state index >= 15 is 0 Å². The number of hydrogen-bond acceptors (Lipinski definition) is 5. The lowest BCUT2D eigenvalue weighted by atomic mass is 10.2. The van der Waals surface area contributed by atoms with Crippen molar-refractivity contribution in [2.45, 2.75) is 11.8 Å². The maximum atomic E-state index is 12.4. The fourth-order valence-electron chi connectivity index (χ4n) is 2.52. The van der Waals surface area contributed by atoms with Crippen LogP contribution in [0.1, 0.15) is 27.0 Å². The highest BCUT2D eigenvalue weighted by Gasteiger charge is 2.13. The molecule has 144 valence electrons. The Bertz CT molecular complexity index is 951. The van der Waals surface area contributed by atoms with Crippen LogP contribution in [0.15, 0.2) is 64.9 Å². The summed E-state index contributed by atoms with van der Waals surface area (Å²) in [6.45, 7) is 2.52. The largest absolute Gasteiger partial charge is 0.494 e. The Morgan fingerprint density at radius 1 is 0.929 bits per heavy atom. The number of hydrogen-bond donors (Lipinski definition) is 2. The van der Waals surface area contributed by atoms with Crippen molar-refractivity contribution in [1.82, 2.24) is 0 Å². The van der Waals surface area contributed by atoms with Crippen molar-refractivity contribution in [3.63, 3.8) is 0 Å². The number of nitrogens with one attached hydrogen (secondary N) is 2. The van der Waals surface area contributed by atoms with Gasteiger partial charge in [0.2, 0.25) is 0 Å². The number of ether oxygens (including phenoxy) is 1. The van der Waals surface area contributed by atoms with Crippen molar-refractivity contribution in [3.8, 4) is 5.75 Å². The molecule has 3 aromatic rings. The minimum atomic E-state index is -0.218. The normalized spacial score (nSPS) is 10.4. The fourth-order valence-corrected chi connectivity index (χ4v) is 4.17. The highest BCUT2D eigenvalue weighted by atomic mass is 32.2. The van der Waals surface area contributed by atoms with Gasteiger partial charge in [0.15, 0.2) is 0 Å². The van der Waals surface area contributed by atoms with Crippen LogP contribution in [0.3, 0.4) is 0 Å². The topological polar surface area (TPSA) is 67.4 Å². The Morgan fingerprint density at radius 2 is 1.54 bits per heavy atom. The number of thioether (sulfide) groups is 1. The summed E-state index contributed by atoms with van der Waals surface area (Å²) in [4.78, 5) is 26.4. The van der Waals surface area contributed by atoms with E-state index in [4.69, 9.17) is 4.74 Å². The zero-order valence-corrected chi connectivity index (χ0v) is 17.2. The van der Waals surface area contributed by atoms with E-state index in [9.17, 15) is 9.59 Å². The first-order chi connectivity index (χ1) is 13.6. The molecule has 0 aliphatic heterocycles. The highest BCUT2D eigenvalue weighted by molar-refractivity contribution is 7.98. The maximum absolute atomic E-state index is 12.4. The predicted molar refractivity (Wildman–Crippen MR) is 116 cm³/mol. The Balaban J connectivity index is 1.61. The lowest BCUT2D eigenvalue weighted by Crippen LogP contribution is -2.13. The van der Waals surface area contributed by atoms with Crippen molar-refractivity contribution in [3.05, 3.63) is 70.4 Å². The molecule has 0 aliphatic rings.